The summed E-state index contributed by atoms with van der Waals surface area (Å²) in [6.07, 6.45) is 2.20. The third-order valence-corrected chi connectivity index (χ3v) is 6.87. The molecule has 2 heterocycles. The number of thioether (sulfide) groups is 1. The summed E-state index contributed by atoms with van der Waals surface area (Å²) in [5.74, 6) is 0.964. The van der Waals surface area contributed by atoms with E-state index in [0.29, 0.717) is 18.2 Å². The minimum Gasteiger partial charge on any atom is -0.378 e. The molecule has 174 valence electrons. The highest BCUT2D eigenvalue weighted by Gasteiger charge is 2.21. The molecule has 1 atom stereocenters. The van der Waals surface area contributed by atoms with E-state index in [-0.39, 0.29) is 17.8 Å². The Kier molecular flexibility index (Phi) is 7.90. The quantitative estimate of drug-likeness (QED) is 0.412. The van der Waals surface area contributed by atoms with Crippen LogP contribution in [0.1, 0.15) is 29.8 Å². The Labute approximate surface area is 203 Å². The topological polar surface area (TPSA) is 81.1 Å². The molecule has 1 amide bonds. The van der Waals surface area contributed by atoms with E-state index in [1.165, 1.54) is 11.8 Å². The molecule has 0 aliphatic carbocycles. The van der Waals surface area contributed by atoms with Gasteiger partial charge in [-0.3, -0.25) is 4.79 Å². The maximum absolute atomic E-state index is 12.5. The summed E-state index contributed by atoms with van der Waals surface area (Å²) in [7, 11) is 0. The number of benzene rings is 2. The van der Waals surface area contributed by atoms with Crippen molar-refractivity contribution >= 4 is 40.6 Å². The number of rotatable bonds is 9. The van der Waals surface area contributed by atoms with Gasteiger partial charge in [-0.2, -0.15) is 0 Å². The number of aromatic nitrogens is 3. The summed E-state index contributed by atoms with van der Waals surface area (Å²) in [4.78, 5) is 12.5. The number of ether oxygens (including phenoxy) is 1. The summed E-state index contributed by atoms with van der Waals surface area (Å²) in [6, 6.07) is 13.6. The smallest absolute Gasteiger partial charge is 0.234 e. The molecule has 33 heavy (non-hydrogen) atoms. The van der Waals surface area contributed by atoms with E-state index in [4.69, 9.17) is 16.3 Å². The van der Waals surface area contributed by atoms with E-state index in [9.17, 15) is 4.79 Å². The Bertz CT molecular complexity index is 1100. The lowest BCUT2D eigenvalue weighted by Crippen LogP contribution is -2.20. The molecule has 4 rings (SSSR count). The van der Waals surface area contributed by atoms with Crippen molar-refractivity contribution in [2.75, 3.05) is 23.0 Å². The molecule has 1 aromatic heterocycles. The van der Waals surface area contributed by atoms with Gasteiger partial charge in [0.1, 0.15) is 0 Å². The Balaban J connectivity index is 1.42. The maximum Gasteiger partial charge on any atom is 0.234 e. The van der Waals surface area contributed by atoms with Crippen LogP contribution in [0.2, 0.25) is 5.02 Å². The average Bonchev–Trinajstić information content (AvgIpc) is 3.45. The number of hydrogen-bond donors (Lipinski definition) is 2. The van der Waals surface area contributed by atoms with Crippen LogP contribution >= 0.6 is 23.4 Å². The number of halogens is 1. The number of hydrogen-bond acceptors (Lipinski definition) is 6. The molecule has 0 saturated carbocycles. The Hall–Kier alpha value is -2.55. The maximum atomic E-state index is 12.5. The van der Waals surface area contributed by atoms with Gasteiger partial charge in [0.2, 0.25) is 5.91 Å². The fraction of sp³-hybridized carbons (Fsp3) is 0.375. The van der Waals surface area contributed by atoms with Crippen LogP contribution in [-0.4, -0.2) is 39.1 Å². The van der Waals surface area contributed by atoms with Crippen molar-refractivity contribution in [2.45, 2.75) is 51.0 Å². The number of aryl methyl sites for hydroxylation is 2. The minimum absolute atomic E-state index is 0.0792. The van der Waals surface area contributed by atoms with Gasteiger partial charge in [-0.15, -0.1) is 10.2 Å². The molecule has 2 aromatic carbocycles. The molecule has 2 N–H and O–H groups in total. The van der Waals surface area contributed by atoms with E-state index in [1.807, 2.05) is 56.3 Å². The lowest BCUT2D eigenvalue weighted by molar-refractivity contribution is -0.113. The highest BCUT2D eigenvalue weighted by molar-refractivity contribution is 7.99. The van der Waals surface area contributed by atoms with Gasteiger partial charge in [-0.05, 0) is 56.5 Å². The normalized spacial score (nSPS) is 15.5. The molecule has 1 unspecified atom stereocenters. The zero-order valence-electron chi connectivity index (χ0n) is 18.8. The fourth-order valence-corrected chi connectivity index (χ4v) is 4.53. The zero-order valence-corrected chi connectivity index (χ0v) is 20.4. The third-order valence-electron chi connectivity index (χ3n) is 5.49. The van der Waals surface area contributed by atoms with Crippen molar-refractivity contribution in [1.29, 1.82) is 0 Å². The first kappa shape index (κ1) is 23.6. The van der Waals surface area contributed by atoms with Crippen LogP contribution in [0.3, 0.4) is 0 Å². The molecule has 0 spiro atoms. The monoisotopic (exact) mass is 485 g/mol. The zero-order chi connectivity index (χ0) is 23.2. The summed E-state index contributed by atoms with van der Waals surface area (Å²) >= 11 is 7.63. The van der Waals surface area contributed by atoms with Gasteiger partial charge in [0.05, 0.1) is 24.9 Å². The van der Waals surface area contributed by atoms with Crippen molar-refractivity contribution in [3.05, 3.63) is 64.4 Å². The number of nitrogens with one attached hydrogen (secondary N) is 2. The van der Waals surface area contributed by atoms with Gasteiger partial charge in [-0.1, -0.05) is 47.1 Å². The highest BCUT2D eigenvalue weighted by atomic mass is 35.5. The molecule has 1 aliphatic heterocycles. The minimum atomic E-state index is -0.0792. The van der Waals surface area contributed by atoms with E-state index in [0.717, 1.165) is 52.8 Å². The summed E-state index contributed by atoms with van der Waals surface area (Å²) in [5, 5.41) is 16.5. The van der Waals surface area contributed by atoms with Crippen molar-refractivity contribution in [3.8, 4) is 0 Å². The average molecular weight is 486 g/mol. The lowest BCUT2D eigenvalue weighted by atomic mass is 10.2. The molecule has 9 heteroatoms. The molecule has 3 aromatic rings. The molecule has 0 bridgehead atoms. The SMILES string of the molecule is Cc1ccc(NC(=O)CSc2nnc(CNc3ccc(C)c(Cl)c3)n2CC2CCCO2)cc1. The first-order valence-electron chi connectivity index (χ1n) is 11.0. The van der Waals surface area contributed by atoms with E-state index in [1.54, 1.807) is 0 Å². The van der Waals surface area contributed by atoms with E-state index in [2.05, 4.69) is 25.4 Å². The number of carbonyl (C=O) groups is 1. The lowest BCUT2D eigenvalue weighted by Gasteiger charge is -2.15. The second kappa shape index (κ2) is 11.0. The predicted molar refractivity (Wildman–Crippen MR) is 133 cm³/mol. The molecular formula is C24H28ClN5O2S. The highest BCUT2D eigenvalue weighted by Crippen LogP contribution is 2.24. The Morgan fingerprint density at radius 2 is 1.97 bits per heavy atom. The summed E-state index contributed by atoms with van der Waals surface area (Å²) in [6.45, 7) is 5.94. The van der Waals surface area contributed by atoms with Gasteiger partial charge in [0.25, 0.3) is 0 Å². The number of anilines is 2. The molecule has 1 aliphatic rings. The predicted octanol–water partition coefficient (Wildman–Crippen LogP) is 5.07. The van der Waals surface area contributed by atoms with Crippen LogP contribution in [0.4, 0.5) is 11.4 Å². The van der Waals surface area contributed by atoms with Crippen molar-refractivity contribution in [3.63, 3.8) is 0 Å². The summed E-state index contributed by atoms with van der Waals surface area (Å²) in [5.41, 5.74) is 3.89. The first-order chi connectivity index (χ1) is 16.0. The Morgan fingerprint density at radius 3 is 2.70 bits per heavy atom. The van der Waals surface area contributed by atoms with Gasteiger partial charge in [0, 0.05) is 23.0 Å². The second-order valence-corrected chi connectivity index (χ2v) is 9.51. The molecule has 1 saturated heterocycles. The number of carbonyl (C=O) groups excluding carboxylic acids is 1. The van der Waals surface area contributed by atoms with Crippen molar-refractivity contribution in [2.24, 2.45) is 0 Å². The van der Waals surface area contributed by atoms with Crippen LogP contribution in [0.15, 0.2) is 47.6 Å². The van der Waals surface area contributed by atoms with Crippen LogP contribution in [0.25, 0.3) is 0 Å². The molecule has 7 nitrogen and oxygen atoms in total. The fourth-order valence-electron chi connectivity index (χ4n) is 3.58. The van der Waals surface area contributed by atoms with Crippen LogP contribution in [0.5, 0.6) is 0 Å². The van der Waals surface area contributed by atoms with Crippen LogP contribution in [0, 0.1) is 13.8 Å². The van der Waals surface area contributed by atoms with Crippen molar-refractivity contribution in [1.82, 2.24) is 14.8 Å². The second-order valence-electron chi connectivity index (χ2n) is 8.16. The molecule has 0 radical (unpaired) electrons. The molecular weight excluding hydrogens is 458 g/mol. The van der Waals surface area contributed by atoms with Gasteiger partial charge >= 0.3 is 0 Å². The largest absolute Gasteiger partial charge is 0.378 e. The third kappa shape index (κ3) is 6.50. The van der Waals surface area contributed by atoms with Crippen molar-refractivity contribution < 1.29 is 9.53 Å². The van der Waals surface area contributed by atoms with E-state index >= 15 is 0 Å². The molecule has 1 fully saturated rings. The summed E-state index contributed by atoms with van der Waals surface area (Å²) < 4.78 is 7.90. The number of nitrogens with zero attached hydrogens (tertiary/aromatic N) is 3. The van der Waals surface area contributed by atoms with Crippen LogP contribution < -0.4 is 10.6 Å². The first-order valence-corrected chi connectivity index (χ1v) is 12.4. The standard InChI is InChI=1S/C24H28ClN5O2S/c1-16-5-8-18(9-6-16)27-23(31)15-33-24-29-28-22(30(24)14-20-4-3-11-32-20)13-26-19-10-7-17(2)21(25)12-19/h5-10,12,20,26H,3-4,11,13-15H2,1-2H3,(H,27,31). The van der Waals surface area contributed by atoms with Gasteiger partial charge < -0.3 is 19.9 Å². The van der Waals surface area contributed by atoms with Gasteiger partial charge in [0.15, 0.2) is 11.0 Å². The van der Waals surface area contributed by atoms with Gasteiger partial charge in [-0.25, -0.2) is 0 Å². The van der Waals surface area contributed by atoms with Crippen LogP contribution in [-0.2, 0) is 22.6 Å². The number of amides is 1. The Morgan fingerprint density at radius 1 is 1.18 bits per heavy atom. The van der Waals surface area contributed by atoms with E-state index < -0.39 is 0 Å².